The molecule has 30 heavy (non-hydrogen) atoms. The van der Waals surface area contributed by atoms with E-state index in [1.54, 1.807) is 0 Å². The molecule has 0 amide bonds. The fourth-order valence-corrected chi connectivity index (χ4v) is 3.87. The first-order valence-electron chi connectivity index (χ1n) is 10.4. The second-order valence-corrected chi connectivity index (χ2v) is 8.23. The average Bonchev–Trinajstić information content (AvgIpc) is 3.22. The highest BCUT2D eigenvalue weighted by Crippen LogP contribution is 2.23. The van der Waals surface area contributed by atoms with E-state index in [0.29, 0.717) is 23.5 Å². The van der Waals surface area contributed by atoms with Gasteiger partial charge in [0.25, 0.3) is 0 Å². The molecule has 2 N–H and O–H groups in total. The largest absolute Gasteiger partial charge is 0.459 e. The van der Waals surface area contributed by atoms with Crippen LogP contribution in [-0.4, -0.2) is 28.2 Å². The van der Waals surface area contributed by atoms with E-state index in [-0.39, 0.29) is 0 Å². The molecule has 0 saturated carbocycles. The summed E-state index contributed by atoms with van der Waals surface area (Å²) < 4.78 is 5.91. The first-order valence-corrected chi connectivity index (χ1v) is 10.8. The van der Waals surface area contributed by atoms with E-state index in [4.69, 9.17) is 16.6 Å². The smallest absolute Gasteiger partial charge is 0.231 e. The summed E-state index contributed by atoms with van der Waals surface area (Å²) in [5.74, 6) is 3.81. The maximum absolute atomic E-state index is 5.91. The van der Waals surface area contributed by atoms with Crippen LogP contribution in [0.25, 0.3) is 11.3 Å². The number of piperidine rings is 1. The minimum absolute atomic E-state index is 0.469. The number of furan rings is 1. The second kappa shape index (κ2) is 9.26. The molecule has 156 valence electrons. The Balaban J connectivity index is 1.36. The van der Waals surface area contributed by atoms with Gasteiger partial charge in [-0.05, 0) is 50.0 Å². The van der Waals surface area contributed by atoms with Crippen molar-refractivity contribution in [2.45, 2.75) is 33.2 Å². The van der Waals surface area contributed by atoms with Crippen molar-refractivity contribution < 1.29 is 4.42 Å². The topological polar surface area (TPSA) is 66.2 Å². The third kappa shape index (κ3) is 5.16. The monoisotopic (exact) mass is 421 g/mol. The van der Waals surface area contributed by atoms with Crippen LogP contribution < -0.4 is 15.5 Å². The zero-order valence-corrected chi connectivity index (χ0v) is 18.2. The van der Waals surface area contributed by atoms with E-state index in [1.165, 1.54) is 12.8 Å². The molecule has 0 bridgehead atoms. The highest BCUT2D eigenvalue weighted by Gasteiger charge is 2.18. The van der Waals surface area contributed by atoms with Gasteiger partial charge < -0.3 is 20.0 Å². The Morgan fingerprint density at radius 2 is 2.03 bits per heavy atom. The van der Waals surface area contributed by atoms with Crippen LogP contribution >= 0.6 is 12.2 Å². The lowest BCUT2D eigenvalue weighted by Crippen LogP contribution is -2.35. The molecular weight excluding hydrogens is 394 g/mol. The summed E-state index contributed by atoms with van der Waals surface area (Å²) in [7, 11) is 0. The van der Waals surface area contributed by atoms with Crippen molar-refractivity contribution in [2.75, 3.05) is 23.3 Å². The van der Waals surface area contributed by atoms with E-state index >= 15 is 0 Å². The van der Waals surface area contributed by atoms with Crippen molar-refractivity contribution >= 4 is 29.1 Å². The van der Waals surface area contributed by atoms with Gasteiger partial charge in [0.05, 0.1) is 6.54 Å². The Labute approximate surface area is 182 Å². The number of rotatable bonds is 5. The molecule has 2 aromatic heterocycles. The molecular formula is C23H27N5OS. The number of nitrogens with one attached hydrogen (secondary N) is 2. The average molecular weight is 422 g/mol. The number of aryl methyl sites for hydroxylation is 1. The molecule has 3 heterocycles. The van der Waals surface area contributed by atoms with Gasteiger partial charge >= 0.3 is 0 Å². The molecule has 1 aromatic carbocycles. The van der Waals surface area contributed by atoms with Crippen LogP contribution in [0.1, 0.15) is 31.2 Å². The SMILES string of the molecule is Cc1cc(N2CCC[C@H](C)C2)nc(NC(=S)NCc2ccc(-c3ccccc3)o2)n1. The highest BCUT2D eigenvalue weighted by atomic mass is 32.1. The minimum Gasteiger partial charge on any atom is -0.459 e. The summed E-state index contributed by atoms with van der Waals surface area (Å²) in [6.07, 6.45) is 2.47. The second-order valence-electron chi connectivity index (χ2n) is 7.82. The Hall–Kier alpha value is -2.93. The lowest BCUT2D eigenvalue weighted by atomic mass is 10.0. The van der Waals surface area contributed by atoms with Crippen LogP contribution in [0.4, 0.5) is 11.8 Å². The van der Waals surface area contributed by atoms with Crippen LogP contribution in [0.3, 0.4) is 0 Å². The maximum atomic E-state index is 5.91. The molecule has 4 rings (SSSR count). The molecule has 1 atom stereocenters. The molecule has 0 aliphatic carbocycles. The number of hydrogen-bond donors (Lipinski definition) is 2. The van der Waals surface area contributed by atoms with E-state index in [1.807, 2.05) is 55.5 Å². The molecule has 7 heteroatoms. The highest BCUT2D eigenvalue weighted by molar-refractivity contribution is 7.80. The van der Waals surface area contributed by atoms with Crippen LogP contribution in [0.15, 0.2) is 52.9 Å². The standard InChI is InChI=1S/C23H27N5OS/c1-16-7-6-12-28(15-16)21-13-17(2)25-22(26-21)27-23(30)24-14-19-10-11-20(29-19)18-8-4-3-5-9-18/h3-5,8-11,13,16H,6-7,12,14-15H2,1-2H3,(H2,24,25,26,27,30)/t16-/m0/s1. The van der Waals surface area contributed by atoms with Crippen molar-refractivity contribution in [3.8, 4) is 11.3 Å². The van der Waals surface area contributed by atoms with Crippen molar-refractivity contribution in [2.24, 2.45) is 5.92 Å². The van der Waals surface area contributed by atoms with Gasteiger partial charge in [0.1, 0.15) is 17.3 Å². The quantitative estimate of drug-likeness (QED) is 0.575. The molecule has 1 fully saturated rings. The first-order chi connectivity index (χ1) is 14.6. The van der Waals surface area contributed by atoms with E-state index < -0.39 is 0 Å². The van der Waals surface area contributed by atoms with E-state index in [2.05, 4.69) is 32.4 Å². The third-order valence-electron chi connectivity index (χ3n) is 5.19. The summed E-state index contributed by atoms with van der Waals surface area (Å²) in [6, 6.07) is 16.0. The third-order valence-corrected chi connectivity index (χ3v) is 5.44. The summed E-state index contributed by atoms with van der Waals surface area (Å²) in [5.41, 5.74) is 1.97. The van der Waals surface area contributed by atoms with Gasteiger partial charge in [0, 0.05) is 30.4 Å². The van der Waals surface area contributed by atoms with E-state index in [9.17, 15) is 0 Å². The number of benzene rings is 1. The Morgan fingerprint density at radius 3 is 2.83 bits per heavy atom. The minimum atomic E-state index is 0.469. The van der Waals surface area contributed by atoms with Crippen LogP contribution in [0, 0.1) is 12.8 Å². The summed E-state index contributed by atoms with van der Waals surface area (Å²) in [4.78, 5) is 11.5. The molecule has 0 unspecified atom stereocenters. The number of nitrogens with zero attached hydrogens (tertiary/aromatic N) is 3. The van der Waals surface area contributed by atoms with Crippen molar-refractivity contribution in [3.05, 3.63) is 60.0 Å². The zero-order chi connectivity index (χ0) is 20.9. The molecule has 0 spiro atoms. The van der Waals surface area contributed by atoms with Crippen molar-refractivity contribution in [1.29, 1.82) is 0 Å². The number of thiocarbonyl (C=S) groups is 1. The predicted molar refractivity (Wildman–Crippen MR) is 125 cm³/mol. The molecule has 0 radical (unpaired) electrons. The maximum Gasteiger partial charge on any atom is 0.231 e. The Bertz CT molecular complexity index is 1000. The molecule has 3 aromatic rings. The fraction of sp³-hybridized carbons (Fsp3) is 0.348. The lowest BCUT2D eigenvalue weighted by Gasteiger charge is -2.32. The number of hydrogen-bond acceptors (Lipinski definition) is 5. The normalized spacial score (nSPS) is 16.3. The summed E-state index contributed by atoms with van der Waals surface area (Å²) >= 11 is 5.44. The lowest BCUT2D eigenvalue weighted by molar-refractivity contribution is 0.444. The van der Waals surface area contributed by atoms with Crippen LogP contribution in [0.2, 0.25) is 0 Å². The van der Waals surface area contributed by atoms with Gasteiger partial charge in [-0.15, -0.1) is 0 Å². The summed E-state index contributed by atoms with van der Waals surface area (Å²) in [6.45, 7) is 6.82. The molecule has 1 aliphatic heterocycles. The van der Waals surface area contributed by atoms with Gasteiger partial charge in [-0.1, -0.05) is 37.3 Å². The number of anilines is 2. The molecule has 1 saturated heterocycles. The van der Waals surface area contributed by atoms with Crippen molar-refractivity contribution in [1.82, 2.24) is 15.3 Å². The van der Waals surface area contributed by atoms with Gasteiger partial charge in [-0.3, -0.25) is 0 Å². The zero-order valence-electron chi connectivity index (χ0n) is 17.4. The van der Waals surface area contributed by atoms with E-state index in [0.717, 1.165) is 41.7 Å². The number of aromatic nitrogens is 2. The first kappa shape index (κ1) is 20.3. The molecule has 1 aliphatic rings. The Kier molecular flexibility index (Phi) is 6.28. The summed E-state index contributed by atoms with van der Waals surface area (Å²) in [5, 5.41) is 6.75. The van der Waals surface area contributed by atoms with Gasteiger partial charge in [0.2, 0.25) is 5.95 Å². The van der Waals surface area contributed by atoms with Gasteiger partial charge in [-0.25, -0.2) is 4.98 Å². The van der Waals surface area contributed by atoms with Crippen LogP contribution in [-0.2, 0) is 6.54 Å². The van der Waals surface area contributed by atoms with Gasteiger partial charge in [0.15, 0.2) is 5.11 Å². The predicted octanol–water partition coefficient (Wildman–Crippen LogP) is 4.77. The van der Waals surface area contributed by atoms with Crippen LogP contribution in [0.5, 0.6) is 0 Å². The van der Waals surface area contributed by atoms with Gasteiger partial charge in [-0.2, -0.15) is 4.98 Å². The fourth-order valence-electron chi connectivity index (χ4n) is 3.71. The Morgan fingerprint density at radius 1 is 1.20 bits per heavy atom. The van der Waals surface area contributed by atoms with Crippen molar-refractivity contribution in [3.63, 3.8) is 0 Å². The molecule has 6 nitrogen and oxygen atoms in total.